The summed E-state index contributed by atoms with van der Waals surface area (Å²) in [5.74, 6) is 0.0545. The Labute approximate surface area is 86.3 Å². The average Bonchev–Trinajstić information content (AvgIpc) is 2.34. The van der Waals surface area contributed by atoms with E-state index in [9.17, 15) is 4.79 Å². The zero-order valence-electron chi connectivity index (χ0n) is 6.01. The van der Waals surface area contributed by atoms with E-state index in [4.69, 9.17) is 9.84 Å². The van der Waals surface area contributed by atoms with Crippen LogP contribution < -0.4 is 0 Å². The number of aliphatic hydroxyl groups is 1. The minimum atomic E-state index is -0.393. The van der Waals surface area contributed by atoms with E-state index in [0.717, 1.165) is 0 Å². The van der Waals surface area contributed by atoms with Crippen LogP contribution in [0.25, 0.3) is 0 Å². The molecule has 0 amide bonds. The van der Waals surface area contributed by atoms with Crippen LogP contribution in [-0.2, 0) is 9.53 Å². The van der Waals surface area contributed by atoms with Crippen molar-refractivity contribution < 1.29 is 14.6 Å². The van der Waals surface area contributed by atoms with E-state index >= 15 is 0 Å². The van der Waals surface area contributed by atoms with Gasteiger partial charge in [-0.25, -0.2) is 4.79 Å². The molecule has 0 radical (unpaired) electrons. The summed E-state index contributed by atoms with van der Waals surface area (Å²) >= 11 is 6.24. The summed E-state index contributed by atoms with van der Waals surface area (Å²) in [4.78, 5) is 11.0. The van der Waals surface area contributed by atoms with E-state index in [1.54, 1.807) is 6.08 Å². The van der Waals surface area contributed by atoms with E-state index in [2.05, 4.69) is 31.9 Å². The van der Waals surface area contributed by atoms with Crippen molar-refractivity contribution in [1.29, 1.82) is 0 Å². The molecule has 0 aromatic heterocycles. The van der Waals surface area contributed by atoms with Gasteiger partial charge in [0, 0.05) is 18.6 Å². The van der Waals surface area contributed by atoms with E-state index < -0.39 is 5.97 Å². The van der Waals surface area contributed by atoms with E-state index in [1.165, 1.54) is 0 Å². The lowest BCUT2D eigenvalue weighted by Gasteiger charge is -1.94. The zero-order chi connectivity index (χ0) is 9.14. The number of hydrogen-bond donors (Lipinski definition) is 1. The summed E-state index contributed by atoms with van der Waals surface area (Å²) in [7, 11) is 0. The molecule has 1 N–H and O–H groups in total. The van der Waals surface area contributed by atoms with Crippen molar-refractivity contribution in [1.82, 2.24) is 0 Å². The second-order valence-corrected chi connectivity index (χ2v) is 4.81. The molecule has 3 nitrogen and oxygen atoms in total. The summed E-state index contributed by atoms with van der Waals surface area (Å²) in [5, 5.41) is 8.58. The first-order chi connectivity index (χ1) is 5.65. The molecule has 0 aromatic rings. The first-order valence-corrected chi connectivity index (χ1v) is 4.82. The van der Waals surface area contributed by atoms with Crippen LogP contribution in [0.3, 0.4) is 0 Å². The number of allylic oxidation sites excluding steroid dienone is 1. The van der Waals surface area contributed by atoms with Crippen molar-refractivity contribution in [2.45, 2.75) is 6.42 Å². The first kappa shape index (κ1) is 9.95. The van der Waals surface area contributed by atoms with E-state index in [0.29, 0.717) is 21.1 Å². The van der Waals surface area contributed by atoms with Crippen LogP contribution in [0, 0.1) is 0 Å². The number of cyclic esters (lactones) is 1. The molecule has 0 saturated heterocycles. The largest absolute Gasteiger partial charge is 0.421 e. The third kappa shape index (κ3) is 2.18. The molecular formula is C7H6Br2O3. The fraction of sp³-hybridized carbons (Fsp3) is 0.286. The average molecular weight is 298 g/mol. The van der Waals surface area contributed by atoms with Crippen LogP contribution in [0.15, 0.2) is 20.8 Å². The Morgan fingerprint density at radius 2 is 2.25 bits per heavy atom. The van der Waals surface area contributed by atoms with Crippen LogP contribution in [0.4, 0.5) is 0 Å². The molecule has 0 fully saturated rings. The van der Waals surface area contributed by atoms with Crippen LogP contribution >= 0.6 is 31.9 Å². The SMILES string of the molecule is O=C1OC(=C(Br)Br)C=C1CCO. The Morgan fingerprint density at radius 1 is 1.58 bits per heavy atom. The number of esters is 1. The highest BCUT2D eigenvalue weighted by Gasteiger charge is 2.21. The van der Waals surface area contributed by atoms with Gasteiger partial charge in [-0.15, -0.1) is 0 Å². The van der Waals surface area contributed by atoms with Gasteiger partial charge in [0.1, 0.15) is 3.39 Å². The van der Waals surface area contributed by atoms with E-state index in [-0.39, 0.29) is 6.61 Å². The molecular weight excluding hydrogens is 292 g/mol. The normalized spacial score (nSPS) is 16.1. The summed E-state index contributed by atoms with van der Waals surface area (Å²) in [6, 6.07) is 0. The molecule has 1 aliphatic rings. The Bertz CT molecular complexity index is 264. The van der Waals surface area contributed by atoms with Crippen molar-refractivity contribution >= 4 is 37.8 Å². The van der Waals surface area contributed by atoms with Crippen molar-refractivity contribution in [3.05, 3.63) is 20.8 Å². The Morgan fingerprint density at radius 3 is 2.67 bits per heavy atom. The third-order valence-electron chi connectivity index (χ3n) is 1.34. The number of ether oxygens (including phenoxy) is 1. The van der Waals surface area contributed by atoms with Crippen LogP contribution in [-0.4, -0.2) is 17.7 Å². The van der Waals surface area contributed by atoms with Crippen molar-refractivity contribution in [2.75, 3.05) is 6.61 Å². The number of halogens is 2. The standard InChI is InChI=1S/C7H6Br2O3/c8-6(9)5-3-4(1-2-10)7(11)12-5/h3,10H,1-2H2. The molecule has 0 spiro atoms. The molecule has 1 heterocycles. The van der Waals surface area contributed by atoms with Gasteiger partial charge in [0.2, 0.25) is 0 Å². The smallest absolute Gasteiger partial charge is 0.339 e. The van der Waals surface area contributed by atoms with Gasteiger partial charge in [-0.1, -0.05) is 0 Å². The maximum absolute atomic E-state index is 11.0. The monoisotopic (exact) mass is 296 g/mol. The second-order valence-electron chi connectivity index (χ2n) is 2.16. The topological polar surface area (TPSA) is 46.5 Å². The van der Waals surface area contributed by atoms with E-state index in [1.807, 2.05) is 0 Å². The summed E-state index contributed by atoms with van der Waals surface area (Å²) < 4.78 is 5.42. The molecule has 0 atom stereocenters. The maximum atomic E-state index is 11.0. The number of carbonyl (C=O) groups is 1. The summed E-state index contributed by atoms with van der Waals surface area (Å²) in [6.07, 6.45) is 1.92. The van der Waals surface area contributed by atoms with Gasteiger partial charge in [0.25, 0.3) is 0 Å². The lowest BCUT2D eigenvalue weighted by atomic mass is 10.2. The van der Waals surface area contributed by atoms with Crippen LogP contribution in [0.5, 0.6) is 0 Å². The highest BCUT2D eigenvalue weighted by molar-refractivity contribution is 9.28. The molecule has 0 bridgehead atoms. The molecule has 1 aliphatic heterocycles. The third-order valence-corrected chi connectivity index (χ3v) is 2.12. The quantitative estimate of drug-likeness (QED) is 0.791. The molecule has 12 heavy (non-hydrogen) atoms. The fourth-order valence-electron chi connectivity index (χ4n) is 0.800. The van der Waals surface area contributed by atoms with Crippen LogP contribution in [0.2, 0.25) is 0 Å². The maximum Gasteiger partial charge on any atom is 0.339 e. The first-order valence-electron chi connectivity index (χ1n) is 3.24. The number of hydrogen-bond acceptors (Lipinski definition) is 3. The molecule has 0 unspecified atom stereocenters. The number of aliphatic hydroxyl groups excluding tert-OH is 1. The zero-order valence-corrected chi connectivity index (χ0v) is 9.18. The second kappa shape index (κ2) is 4.20. The lowest BCUT2D eigenvalue weighted by Crippen LogP contribution is -2.00. The molecule has 1 rings (SSSR count). The number of carbonyl (C=O) groups excluding carboxylic acids is 1. The lowest BCUT2D eigenvalue weighted by molar-refractivity contribution is -0.133. The highest BCUT2D eigenvalue weighted by atomic mass is 79.9. The molecule has 0 saturated carbocycles. The number of rotatable bonds is 2. The van der Waals surface area contributed by atoms with Crippen molar-refractivity contribution in [2.24, 2.45) is 0 Å². The Balaban J connectivity index is 2.82. The summed E-state index contributed by atoms with van der Waals surface area (Å²) in [5.41, 5.74) is 0.490. The molecule has 5 heteroatoms. The van der Waals surface area contributed by atoms with Crippen molar-refractivity contribution in [3.63, 3.8) is 0 Å². The fourth-order valence-corrected chi connectivity index (χ4v) is 1.19. The van der Waals surface area contributed by atoms with Gasteiger partial charge in [-0.3, -0.25) is 0 Å². The van der Waals surface area contributed by atoms with Gasteiger partial charge < -0.3 is 9.84 Å². The predicted molar refractivity (Wildman–Crippen MR) is 50.8 cm³/mol. The van der Waals surface area contributed by atoms with Crippen molar-refractivity contribution in [3.8, 4) is 0 Å². The Hall–Kier alpha value is -0.130. The molecule has 66 valence electrons. The predicted octanol–water partition coefficient (Wildman–Crippen LogP) is 1.81. The van der Waals surface area contributed by atoms with Crippen LogP contribution in [0.1, 0.15) is 6.42 Å². The Kier molecular flexibility index (Phi) is 3.49. The van der Waals surface area contributed by atoms with Gasteiger partial charge in [0.05, 0.1) is 0 Å². The highest BCUT2D eigenvalue weighted by Crippen LogP contribution is 2.28. The molecule has 0 aromatic carbocycles. The van der Waals surface area contributed by atoms with Gasteiger partial charge >= 0.3 is 5.97 Å². The van der Waals surface area contributed by atoms with Gasteiger partial charge in [-0.2, -0.15) is 0 Å². The minimum absolute atomic E-state index is 0.0475. The van der Waals surface area contributed by atoms with Gasteiger partial charge in [0.15, 0.2) is 5.76 Å². The minimum Gasteiger partial charge on any atom is -0.421 e. The molecule has 0 aliphatic carbocycles. The summed E-state index contributed by atoms with van der Waals surface area (Å²) in [6.45, 7) is -0.0475. The van der Waals surface area contributed by atoms with Gasteiger partial charge in [-0.05, 0) is 37.9 Å².